The molecule has 0 aliphatic rings. The van der Waals surface area contributed by atoms with Crippen LogP contribution in [-0.2, 0) is 0 Å². The van der Waals surface area contributed by atoms with Crippen molar-refractivity contribution in [1.29, 1.82) is 0 Å². The maximum atomic E-state index is 3.38. The molecule has 0 saturated carbocycles. The molecule has 0 saturated heterocycles. The van der Waals surface area contributed by atoms with Crippen molar-refractivity contribution in [3.05, 3.63) is 48.5 Å². The number of fused-ring (bicyclic) bond motifs is 3. The molecule has 0 atom stereocenters. The Bertz CT molecular complexity index is 567. The molecule has 1 heteroatoms. The van der Waals surface area contributed by atoms with E-state index >= 15 is 0 Å². The normalized spacial score (nSPS) is 10.4. The molecule has 1 heterocycles. The van der Waals surface area contributed by atoms with Crippen LogP contribution < -0.4 is 0 Å². The molecular weight excluding hydrogens is 230 g/mol. The summed E-state index contributed by atoms with van der Waals surface area (Å²) in [5, 5.41) is 2.61. The highest BCUT2D eigenvalue weighted by atomic mass is 14.7. The van der Waals surface area contributed by atoms with E-state index in [1.54, 1.807) is 0 Å². The van der Waals surface area contributed by atoms with Gasteiger partial charge in [0.2, 0.25) is 0 Å². The van der Waals surface area contributed by atoms with Gasteiger partial charge >= 0.3 is 0 Å². The monoisotopic (exact) mass is 253 g/mol. The quantitative estimate of drug-likeness (QED) is 0.559. The molecular formula is C18H23N. The molecule has 3 rings (SSSR count). The van der Waals surface area contributed by atoms with Crippen molar-refractivity contribution in [3.8, 4) is 0 Å². The minimum absolute atomic E-state index is 1.21. The van der Waals surface area contributed by atoms with Crippen LogP contribution in [0.3, 0.4) is 0 Å². The summed E-state index contributed by atoms with van der Waals surface area (Å²) in [5.74, 6) is 0. The summed E-state index contributed by atoms with van der Waals surface area (Å²) in [7, 11) is 0. The molecule has 0 amide bonds. The molecule has 0 fully saturated rings. The highest BCUT2D eigenvalue weighted by Gasteiger charge is 2.00. The number of para-hydroxylation sites is 2. The number of hydrogen-bond acceptors (Lipinski definition) is 0. The van der Waals surface area contributed by atoms with Gasteiger partial charge in [0, 0.05) is 21.8 Å². The molecule has 1 N–H and O–H groups in total. The van der Waals surface area contributed by atoms with E-state index in [1.807, 2.05) is 0 Å². The minimum Gasteiger partial charge on any atom is -0.355 e. The zero-order chi connectivity index (χ0) is 13.5. The average Bonchev–Trinajstić information content (AvgIpc) is 2.84. The summed E-state index contributed by atoms with van der Waals surface area (Å²) in [6, 6.07) is 16.8. The summed E-state index contributed by atoms with van der Waals surface area (Å²) in [6.45, 7) is 4.46. The van der Waals surface area contributed by atoms with Crippen LogP contribution in [0, 0.1) is 0 Å². The van der Waals surface area contributed by atoms with Gasteiger partial charge in [-0.15, -0.1) is 0 Å². The molecule has 2 aromatic carbocycles. The summed E-state index contributed by atoms with van der Waals surface area (Å²) < 4.78 is 0. The van der Waals surface area contributed by atoms with Gasteiger partial charge in [-0.25, -0.2) is 0 Å². The first-order valence-corrected chi connectivity index (χ1v) is 7.32. The van der Waals surface area contributed by atoms with Crippen molar-refractivity contribution in [2.75, 3.05) is 0 Å². The van der Waals surface area contributed by atoms with Gasteiger partial charge in [0.1, 0.15) is 0 Å². The van der Waals surface area contributed by atoms with E-state index in [-0.39, 0.29) is 0 Å². The van der Waals surface area contributed by atoms with Crippen LogP contribution in [0.15, 0.2) is 48.5 Å². The third-order valence-corrected chi connectivity index (χ3v) is 3.37. The van der Waals surface area contributed by atoms with E-state index in [9.17, 15) is 0 Å². The summed E-state index contributed by atoms with van der Waals surface area (Å²) >= 11 is 0. The first kappa shape index (κ1) is 13.7. The summed E-state index contributed by atoms with van der Waals surface area (Å²) in [6.07, 6.45) is 5.54. The molecule has 0 radical (unpaired) electrons. The van der Waals surface area contributed by atoms with Crippen molar-refractivity contribution in [1.82, 2.24) is 4.98 Å². The van der Waals surface area contributed by atoms with E-state index in [0.717, 1.165) is 0 Å². The van der Waals surface area contributed by atoms with Crippen LogP contribution in [0.25, 0.3) is 21.8 Å². The molecule has 0 aliphatic heterocycles. The topological polar surface area (TPSA) is 15.8 Å². The third-order valence-electron chi connectivity index (χ3n) is 3.37. The summed E-state index contributed by atoms with van der Waals surface area (Å²) in [5.41, 5.74) is 2.42. The predicted octanol–water partition coefficient (Wildman–Crippen LogP) is 5.91. The fraction of sp³-hybridized carbons (Fsp3) is 0.333. The third kappa shape index (κ3) is 3.37. The number of unbranched alkanes of at least 4 members (excludes halogenated alkanes) is 3. The molecule has 0 aliphatic carbocycles. The van der Waals surface area contributed by atoms with Crippen LogP contribution in [0.2, 0.25) is 0 Å². The second-order valence-corrected chi connectivity index (χ2v) is 4.92. The zero-order valence-corrected chi connectivity index (χ0v) is 11.9. The Balaban J connectivity index is 0.000000192. The first-order valence-electron chi connectivity index (χ1n) is 7.32. The van der Waals surface area contributed by atoms with Crippen molar-refractivity contribution >= 4 is 21.8 Å². The highest BCUT2D eigenvalue weighted by molar-refractivity contribution is 6.06. The molecule has 19 heavy (non-hydrogen) atoms. The van der Waals surface area contributed by atoms with Gasteiger partial charge in [0.15, 0.2) is 0 Å². The van der Waals surface area contributed by atoms with Gasteiger partial charge < -0.3 is 4.98 Å². The van der Waals surface area contributed by atoms with Crippen LogP contribution in [0.1, 0.15) is 39.5 Å². The number of benzene rings is 2. The zero-order valence-electron chi connectivity index (χ0n) is 11.9. The molecule has 0 spiro atoms. The number of hydrogen-bond donors (Lipinski definition) is 1. The Morgan fingerprint density at radius 2 is 1.11 bits per heavy atom. The average molecular weight is 253 g/mol. The van der Waals surface area contributed by atoms with Crippen LogP contribution in [0.5, 0.6) is 0 Å². The lowest BCUT2D eigenvalue weighted by molar-refractivity contribution is 0.702. The van der Waals surface area contributed by atoms with Crippen molar-refractivity contribution in [2.45, 2.75) is 39.5 Å². The van der Waals surface area contributed by atoms with Crippen LogP contribution >= 0.6 is 0 Å². The van der Waals surface area contributed by atoms with Crippen molar-refractivity contribution in [2.24, 2.45) is 0 Å². The van der Waals surface area contributed by atoms with E-state index < -0.39 is 0 Å². The maximum absolute atomic E-state index is 3.38. The fourth-order valence-corrected chi connectivity index (χ4v) is 2.30. The van der Waals surface area contributed by atoms with Crippen molar-refractivity contribution in [3.63, 3.8) is 0 Å². The molecule has 1 nitrogen and oxygen atoms in total. The second kappa shape index (κ2) is 6.98. The largest absolute Gasteiger partial charge is 0.355 e. The summed E-state index contributed by atoms with van der Waals surface area (Å²) in [4.78, 5) is 3.38. The molecule has 0 unspecified atom stereocenters. The van der Waals surface area contributed by atoms with E-state index in [1.165, 1.54) is 47.5 Å². The van der Waals surface area contributed by atoms with Gasteiger partial charge in [-0.05, 0) is 12.1 Å². The van der Waals surface area contributed by atoms with Crippen molar-refractivity contribution < 1.29 is 0 Å². The van der Waals surface area contributed by atoms with E-state index in [4.69, 9.17) is 0 Å². The number of rotatable bonds is 3. The lowest BCUT2D eigenvalue weighted by Gasteiger charge is -1.87. The molecule has 1 aromatic heterocycles. The lowest BCUT2D eigenvalue weighted by Crippen LogP contribution is -1.66. The maximum Gasteiger partial charge on any atom is 0.0464 e. The Morgan fingerprint density at radius 1 is 0.684 bits per heavy atom. The lowest BCUT2D eigenvalue weighted by atomic mass is 10.2. The minimum atomic E-state index is 1.21. The SMILES string of the molecule is CCCCCC.c1ccc2c(c1)[nH]c1ccccc12. The van der Waals surface area contributed by atoms with Gasteiger partial charge in [0.25, 0.3) is 0 Å². The Morgan fingerprint density at radius 3 is 1.53 bits per heavy atom. The molecule has 0 bridgehead atoms. The van der Waals surface area contributed by atoms with Gasteiger partial charge in [-0.1, -0.05) is 75.9 Å². The number of H-pyrrole nitrogens is 1. The van der Waals surface area contributed by atoms with E-state index in [0.29, 0.717) is 0 Å². The highest BCUT2D eigenvalue weighted by Crippen LogP contribution is 2.24. The standard InChI is InChI=1S/C12H9N.C6H14/c1-3-7-11-9(5-1)10-6-2-4-8-12(10)13-11;1-3-5-6-4-2/h1-8,13H;3-6H2,1-2H3. The van der Waals surface area contributed by atoms with Crippen LogP contribution in [0.4, 0.5) is 0 Å². The Labute approximate surface area is 115 Å². The number of aromatic amines is 1. The van der Waals surface area contributed by atoms with Gasteiger partial charge in [-0.2, -0.15) is 0 Å². The fourth-order valence-electron chi connectivity index (χ4n) is 2.30. The van der Waals surface area contributed by atoms with Gasteiger partial charge in [0.05, 0.1) is 0 Å². The van der Waals surface area contributed by atoms with Crippen LogP contribution in [-0.4, -0.2) is 4.98 Å². The number of nitrogens with one attached hydrogen (secondary N) is 1. The Kier molecular flexibility index (Phi) is 5.02. The molecule has 3 aromatic rings. The predicted molar refractivity (Wildman–Crippen MR) is 85.6 cm³/mol. The Hall–Kier alpha value is -1.76. The number of aromatic nitrogens is 1. The smallest absolute Gasteiger partial charge is 0.0464 e. The molecule has 100 valence electrons. The van der Waals surface area contributed by atoms with E-state index in [2.05, 4.69) is 67.4 Å². The second-order valence-electron chi connectivity index (χ2n) is 4.92. The first-order chi connectivity index (χ1) is 9.36. The van der Waals surface area contributed by atoms with Gasteiger partial charge in [-0.3, -0.25) is 0 Å².